The Morgan fingerprint density at radius 2 is 2.00 bits per heavy atom. The van der Waals surface area contributed by atoms with Crippen molar-refractivity contribution in [2.45, 2.75) is 19.4 Å². The standard InChI is InChI=1S/C21H25N5O/c1-15(16-6-3-2-4-7-16)25-21-17-12-18(22)20(13-19(17)23-14-24-21)27-11-10-26-8-5-9-26/h2-4,6-7,12-15H,5,8-11,22H2,1H3,(H,23,24,25)/t15-/m1/s1. The Hall–Kier alpha value is -2.86. The van der Waals surface area contributed by atoms with E-state index in [-0.39, 0.29) is 6.04 Å². The number of hydrogen-bond acceptors (Lipinski definition) is 6. The van der Waals surface area contributed by atoms with Crippen LogP contribution >= 0.6 is 0 Å². The summed E-state index contributed by atoms with van der Waals surface area (Å²) >= 11 is 0. The maximum absolute atomic E-state index is 6.24. The van der Waals surface area contributed by atoms with Crippen LogP contribution in [0.4, 0.5) is 11.5 Å². The Labute approximate surface area is 159 Å². The van der Waals surface area contributed by atoms with Crippen LogP contribution in [0.25, 0.3) is 10.9 Å². The number of nitrogens with zero attached hydrogens (tertiary/aromatic N) is 3. The molecule has 140 valence electrons. The predicted octanol–water partition coefficient (Wildman–Crippen LogP) is 3.47. The van der Waals surface area contributed by atoms with Crippen LogP contribution in [0.1, 0.15) is 24.9 Å². The van der Waals surface area contributed by atoms with Gasteiger partial charge in [-0.15, -0.1) is 0 Å². The highest BCUT2D eigenvalue weighted by Crippen LogP contribution is 2.31. The molecule has 6 nitrogen and oxygen atoms in total. The van der Waals surface area contributed by atoms with Crippen molar-refractivity contribution >= 4 is 22.4 Å². The quantitative estimate of drug-likeness (QED) is 0.626. The molecule has 0 radical (unpaired) electrons. The summed E-state index contributed by atoms with van der Waals surface area (Å²) in [6, 6.07) is 14.2. The first-order valence-corrected chi connectivity index (χ1v) is 9.41. The lowest BCUT2D eigenvalue weighted by molar-refractivity contribution is 0.147. The molecule has 1 saturated heterocycles. The number of aromatic nitrogens is 2. The van der Waals surface area contributed by atoms with Gasteiger partial charge >= 0.3 is 0 Å². The van der Waals surface area contributed by atoms with Gasteiger partial charge in [0.25, 0.3) is 0 Å². The summed E-state index contributed by atoms with van der Waals surface area (Å²) in [4.78, 5) is 11.2. The zero-order chi connectivity index (χ0) is 18.6. The number of nitrogens with one attached hydrogen (secondary N) is 1. The summed E-state index contributed by atoms with van der Waals surface area (Å²) in [5.74, 6) is 1.46. The smallest absolute Gasteiger partial charge is 0.144 e. The Morgan fingerprint density at radius 3 is 2.74 bits per heavy atom. The summed E-state index contributed by atoms with van der Waals surface area (Å²) in [6.45, 7) is 6.01. The molecule has 2 aromatic carbocycles. The first-order chi connectivity index (χ1) is 13.2. The van der Waals surface area contributed by atoms with Crippen LogP contribution in [0, 0.1) is 0 Å². The molecule has 6 heteroatoms. The number of anilines is 2. The van der Waals surface area contributed by atoms with Crippen LogP contribution in [-0.2, 0) is 0 Å². The van der Waals surface area contributed by atoms with Gasteiger partial charge in [0.15, 0.2) is 0 Å². The van der Waals surface area contributed by atoms with Crippen LogP contribution in [0.3, 0.4) is 0 Å². The lowest BCUT2D eigenvalue weighted by atomic mass is 10.1. The molecule has 0 spiro atoms. The van der Waals surface area contributed by atoms with Crippen molar-refractivity contribution in [3.8, 4) is 5.75 Å². The zero-order valence-corrected chi connectivity index (χ0v) is 15.6. The molecule has 2 heterocycles. The highest BCUT2D eigenvalue weighted by molar-refractivity contribution is 5.93. The van der Waals surface area contributed by atoms with Crippen LogP contribution in [-0.4, -0.2) is 41.1 Å². The highest BCUT2D eigenvalue weighted by Gasteiger charge is 2.15. The minimum atomic E-state index is 0.123. The molecule has 0 aliphatic carbocycles. The third kappa shape index (κ3) is 3.95. The van der Waals surface area contributed by atoms with E-state index in [0.717, 1.165) is 23.3 Å². The van der Waals surface area contributed by atoms with Gasteiger partial charge in [0.05, 0.1) is 11.2 Å². The van der Waals surface area contributed by atoms with Crippen LogP contribution in [0.2, 0.25) is 0 Å². The fourth-order valence-corrected chi connectivity index (χ4v) is 3.26. The minimum Gasteiger partial charge on any atom is -0.490 e. The molecule has 1 fully saturated rings. The lowest BCUT2D eigenvalue weighted by Crippen LogP contribution is -2.39. The number of fused-ring (bicyclic) bond motifs is 1. The summed E-state index contributed by atoms with van der Waals surface area (Å²) in [6.07, 6.45) is 2.86. The van der Waals surface area contributed by atoms with Crippen molar-refractivity contribution in [3.63, 3.8) is 0 Å². The van der Waals surface area contributed by atoms with E-state index < -0.39 is 0 Å². The minimum absolute atomic E-state index is 0.123. The second-order valence-corrected chi connectivity index (χ2v) is 6.95. The molecule has 4 rings (SSSR count). The van der Waals surface area contributed by atoms with E-state index in [1.165, 1.54) is 25.1 Å². The van der Waals surface area contributed by atoms with Crippen molar-refractivity contribution in [1.29, 1.82) is 0 Å². The fourth-order valence-electron chi connectivity index (χ4n) is 3.26. The highest BCUT2D eigenvalue weighted by atomic mass is 16.5. The predicted molar refractivity (Wildman–Crippen MR) is 109 cm³/mol. The maximum atomic E-state index is 6.24. The zero-order valence-electron chi connectivity index (χ0n) is 15.6. The maximum Gasteiger partial charge on any atom is 0.144 e. The van der Waals surface area contributed by atoms with Crippen molar-refractivity contribution in [2.24, 2.45) is 0 Å². The summed E-state index contributed by atoms with van der Waals surface area (Å²) in [5, 5.41) is 4.36. The summed E-state index contributed by atoms with van der Waals surface area (Å²) < 4.78 is 5.89. The van der Waals surface area contributed by atoms with E-state index in [1.807, 2.05) is 30.3 Å². The number of nitrogen functional groups attached to an aromatic ring is 1. The second kappa shape index (κ2) is 7.80. The molecular weight excluding hydrogens is 338 g/mol. The molecule has 1 aromatic heterocycles. The molecule has 0 bridgehead atoms. The van der Waals surface area contributed by atoms with E-state index in [2.05, 4.69) is 39.2 Å². The van der Waals surface area contributed by atoms with Gasteiger partial charge in [-0.3, -0.25) is 4.90 Å². The monoisotopic (exact) mass is 363 g/mol. The molecule has 1 aliphatic rings. The average Bonchev–Trinajstić information content (AvgIpc) is 2.65. The number of ether oxygens (including phenoxy) is 1. The second-order valence-electron chi connectivity index (χ2n) is 6.95. The number of likely N-dealkylation sites (tertiary alicyclic amines) is 1. The van der Waals surface area contributed by atoms with Gasteiger partial charge in [-0.2, -0.15) is 0 Å². The van der Waals surface area contributed by atoms with Gasteiger partial charge in [-0.05, 0) is 38.1 Å². The molecule has 27 heavy (non-hydrogen) atoms. The van der Waals surface area contributed by atoms with Crippen molar-refractivity contribution in [2.75, 3.05) is 37.3 Å². The lowest BCUT2D eigenvalue weighted by Gasteiger charge is -2.30. The SMILES string of the molecule is C[C@@H](Nc1ncnc2cc(OCCN3CCC3)c(N)cc12)c1ccccc1. The van der Waals surface area contributed by atoms with E-state index in [4.69, 9.17) is 10.5 Å². The molecule has 0 amide bonds. The largest absolute Gasteiger partial charge is 0.490 e. The molecule has 1 atom stereocenters. The van der Waals surface area contributed by atoms with Gasteiger partial charge < -0.3 is 15.8 Å². The first-order valence-electron chi connectivity index (χ1n) is 9.41. The molecule has 0 saturated carbocycles. The third-order valence-corrected chi connectivity index (χ3v) is 5.03. The molecule has 0 unspecified atom stereocenters. The topological polar surface area (TPSA) is 76.3 Å². The number of benzene rings is 2. The Morgan fingerprint density at radius 1 is 1.19 bits per heavy atom. The van der Waals surface area contributed by atoms with Crippen LogP contribution < -0.4 is 15.8 Å². The Balaban J connectivity index is 1.53. The van der Waals surface area contributed by atoms with Crippen LogP contribution in [0.5, 0.6) is 5.75 Å². The Bertz CT molecular complexity index is 911. The third-order valence-electron chi connectivity index (χ3n) is 5.03. The summed E-state index contributed by atoms with van der Waals surface area (Å²) in [7, 11) is 0. The molecule has 3 N–H and O–H groups in total. The van der Waals surface area contributed by atoms with Gasteiger partial charge in [0.1, 0.15) is 24.5 Å². The average molecular weight is 363 g/mol. The molecular formula is C21H25N5O. The number of rotatable bonds is 7. The fraction of sp³-hybridized carbons (Fsp3) is 0.333. The molecule has 3 aromatic rings. The first kappa shape index (κ1) is 17.5. The van der Waals surface area contributed by atoms with E-state index in [0.29, 0.717) is 18.0 Å². The van der Waals surface area contributed by atoms with Gasteiger partial charge in [0.2, 0.25) is 0 Å². The normalized spacial score (nSPS) is 15.3. The van der Waals surface area contributed by atoms with E-state index >= 15 is 0 Å². The Kier molecular flexibility index (Phi) is 5.07. The molecule has 1 aliphatic heterocycles. The summed E-state index contributed by atoms with van der Waals surface area (Å²) in [5.41, 5.74) is 8.86. The number of nitrogens with two attached hydrogens (primary N) is 1. The van der Waals surface area contributed by atoms with Crippen LogP contribution in [0.15, 0.2) is 48.8 Å². The van der Waals surface area contributed by atoms with E-state index in [9.17, 15) is 0 Å². The van der Waals surface area contributed by atoms with Crippen molar-refractivity contribution in [1.82, 2.24) is 14.9 Å². The van der Waals surface area contributed by atoms with Crippen molar-refractivity contribution < 1.29 is 4.74 Å². The van der Waals surface area contributed by atoms with Gasteiger partial charge in [-0.25, -0.2) is 9.97 Å². The van der Waals surface area contributed by atoms with Gasteiger partial charge in [-0.1, -0.05) is 30.3 Å². The van der Waals surface area contributed by atoms with Gasteiger partial charge in [0, 0.05) is 24.0 Å². The number of hydrogen-bond donors (Lipinski definition) is 2. The van der Waals surface area contributed by atoms with E-state index in [1.54, 1.807) is 6.33 Å². The van der Waals surface area contributed by atoms with Crippen molar-refractivity contribution in [3.05, 3.63) is 54.4 Å².